The van der Waals surface area contributed by atoms with Crippen LogP contribution in [0.3, 0.4) is 0 Å². The first-order valence-electron chi connectivity index (χ1n) is 5.18. The van der Waals surface area contributed by atoms with E-state index in [0.717, 1.165) is 10.5 Å². The molecule has 0 amide bonds. The van der Waals surface area contributed by atoms with Gasteiger partial charge < -0.3 is 5.73 Å². The standard InChI is InChI=1S/C13H10Cl2FNS/c14-9-1-3-11(15)8(5-9)7-18-13-4-2-10(16)6-12(13)17/h1-6H,7,17H2. The van der Waals surface area contributed by atoms with Crippen molar-refractivity contribution < 1.29 is 4.39 Å². The van der Waals surface area contributed by atoms with Gasteiger partial charge in [-0.2, -0.15) is 0 Å². The van der Waals surface area contributed by atoms with Gasteiger partial charge in [-0.3, -0.25) is 0 Å². The minimum Gasteiger partial charge on any atom is -0.398 e. The molecular weight excluding hydrogens is 292 g/mol. The summed E-state index contributed by atoms with van der Waals surface area (Å²) in [5, 5.41) is 1.30. The number of hydrogen-bond acceptors (Lipinski definition) is 2. The number of anilines is 1. The van der Waals surface area contributed by atoms with Crippen LogP contribution in [0, 0.1) is 5.82 Å². The van der Waals surface area contributed by atoms with Crippen LogP contribution in [0.4, 0.5) is 10.1 Å². The largest absolute Gasteiger partial charge is 0.398 e. The van der Waals surface area contributed by atoms with Crippen LogP contribution >= 0.6 is 35.0 Å². The lowest BCUT2D eigenvalue weighted by Crippen LogP contribution is -1.90. The molecule has 0 aromatic heterocycles. The summed E-state index contributed by atoms with van der Waals surface area (Å²) >= 11 is 13.5. The highest BCUT2D eigenvalue weighted by molar-refractivity contribution is 7.98. The molecular formula is C13H10Cl2FNS. The van der Waals surface area contributed by atoms with Crippen LogP contribution < -0.4 is 5.73 Å². The van der Waals surface area contributed by atoms with Gasteiger partial charge >= 0.3 is 0 Å². The van der Waals surface area contributed by atoms with Crippen LogP contribution in [0.1, 0.15) is 5.56 Å². The van der Waals surface area contributed by atoms with Crippen molar-refractivity contribution in [1.29, 1.82) is 0 Å². The minimum absolute atomic E-state index is 0.336. The van der Waals surface area contributed by atoms with Gasteiger partial charge in [-0.25, -0.2) is 4.39 Å². The highest BCUT2D eigenvalue weighted by atomic mass is 35.5. The normalized spacial score (nSPS) is 10.6. The molecule has 94 valence electrons. The number of nitrogen functional groups attached to an aromatic ring is 1. The van der Waals surface area contributed by atoms with E-state index < -0.39 is 0 Å². The molecule has 0 radical (unpaired) electrons. The second-order valence-electron chi connectivity index (χ2n) is 3.71. The van der Waals surface area contributed by atoms with Gasteiger partial charge in [-0.1, -0.05) is 23.2 Å². The third kappa shape index (κ3) is 3.31. The zero-order valence-electron chi connectivity index (χ0n) is 9.29. The molecule has 5 heteroatoms. The van der Waals surface area contributed by atoms with Gasteiger partial charge in [0.15, 0.2) is 0 Å². The van der Waals surface area contributed by atoms with Crippen molar-refractivity contribution >= 4 is 40.7 Å². The van der Waals surface area contributed by atoms with Crippen LogP contribution in [0.25, 0.3) is 0 Å². The minimum atomic E-state index is -0.336. The molecule has 0 saturated heterocycles. The Kier molecular flexibility index (Phi) is 4.38. The van der Waals surface area contributed by atoms with Gasteiger partial charge in [0.1, 0.15) is 5.82 Å². The highest BCUT2D eigenvalue weighted by Crippen LogP contribution is 2.31. The molecule has 1 nitrogen and oxygen atoms in total. The van der Waals surface area contributed by atoms with Gasteiger partial charge in [0.25, 0.3) is 0 Å². The lowest BCUT2D eigenvalue weighted by atomic mass is 10.2. The molecule has 0 heterocycles. The van der Waals surface area contributed by atoms with Crippen molar-refractivity contribution in [2.24, 2.45) is 0 Å². The second kappa shape index (κ2) is 5.83. The molecule has 2 aromatic rings. The molecule has 0 aliphatic carbocycles. The summed E-state index contributed by atoms with van der Waals surface area (Å²) in [6.07, 6.45) is 0. The van der Waals surface area contributed by atoms with E-state index in [-0.39, 0.29) is 5.82 Å². The summed E-state index contributed by atoms with van der Waals surface area (Å²) in [5.74, 6) is 0.299. The first-order chi connectivity index (χ1) is 8.56. The molecule has 2 N–H and O–H groups in total. The molecule has 0 unspecified atom stereocenters. The first-order valence-corrected chi connectivity index (χ1v) is 6.92. The van der Waals surface area contributed by atoms with Crippen LogP contribution in [0.15, 0.2) is 41.3 Å². The van der Waals surface area contributed by atoms with Crippen LogP contribution in [-0.4, -0.2) is 0 Å². The lowest BCUT2D eigenvalue weighted by Gasteiger charge is -2.07. The average molecular weight is 302 g/mol. The van der Waals surface area contributed by atoms with E-state index in [9.17, 15) is 4.39 Å². The number of benzene rings is 2. The van der Waals surface area contributed by atoms with E-state index in [1.807, 2.05) is 6.07 Å². The SMILES string of the molecule is Nc1cc(F)ccc1SCc1cc(Cl)ccc1Cl. The van der Waals surface area contributed by atoms with Crippen molar-refractivity contribution in [3.63, 3.8) is 0 Å². The molecule has 0 saturated carbocycles. The summed E-state index contributed by atoms with van der Waals surface area (Å²) in [4.78, 5) is 0.826. The van der Waals surface area contributed by atoms with Crippen molar-refractivity contribution in [2.75, 3.05) is 5.73 Å². The van der Waals surface area contributed by atoms with E-state index in [1.54, 1.807) is 18.2 Å². The van der Waals surface area contributed by atoms with Gasteiger partial charge in [-0.05, 0) is 42.0 Å². The number of halogens is 3. The molecule has 2 rings (SSSR count). The highest BCUT2D eigenvalue weighted by Gasteiger charge is 2.05. The second-order valence-corrected chi connectivity index (χ2v) is 5.57. The van der Waals surface area contributed by atoms with E-state index in [2.05, 4.69) is 0 Å². The maximum Gasteiger partial charge on any atom is 0.125 e. The number of thioether (sulfide) groups is 1. The Morgan fingerprint density at radius 2 is 1.89 bits per heavy atom. The lowest BCUT2D eigenvalue weighted by molar-refractivity contribution is 0.627. The monoisotopic (exact) mass is 301 g/mol. The first kappa shape index (κ1) is 13.5. The third-order valence-corrected chi connectivity index (χ3v) is 4.10. The van der Waals surface area contributed by atoms with E-state index in [4.69, 9.17) is 28.9 Å². The van der Waals surface area contributed by atoms with Gasteiger partial charge in [0.2, 0.25) is 0 Å². The average Bonchev–Trinajstić information content (AvgIpc) is 2.32. The Morgan fingerprint density at radius 3 is 2.61 bits per heavy atom. The van der Waals surface area contributed by atoms with E-state index >= 15 is 0 Å². The smallest absolute Gasteiger partial charge is 0.125 e. The Morgan fingerprint density at radius 1 is 1.11 bits per heavy atom. The summed E-state index contributed by atoms with van der Waals surface area (Å²) in [5.41, 5.74) is 7.09. The molecule has 0 aliphatic rings. The van der Waals surface area contributed by atoms with Crippen LogP contribution in [0.5, 0.6) is 0 Å². The summed E-state index contributed by atoms with van der Waals surface area (Å²) in [7, 11) is 0. The van der Waals surface area contributed by atoms with Gasteiger partial charge in [0.05, 0.1) is 0 Å². The zero-order valence-corrected chi connectivity index (χ0v) is 11.6. The van der Waals surface area contributed by atoms with Crippen LogP contribution in [-0.2, 0) is 5.75 Å². The number of rotatable bonds is 3. The molecule has 0 spiro atoms. The topological polar surface area (TPSA) is 26.0 Å². The van der Waals surface area contributed by atoms with Crippen molar-refractivity contribution in [3.8, 4) is 0 Å². The quantitative estimate of drug-likeness (QED) is 0.637. The Balaban J connectivity index is 2.13. The summed E-state index contributed by atoms with van der Waals surface area (Å²) < 4.78 is 12.9. The van der Waals surface area contributed by atoms with E-state index in [1.165, 1.54) is 23.9 Å². The molecule has 0 bridgehead atoms. The third-order valence-electron chi connectivity index (χ3n) is 2.36. The van der Waals surface area contributed by atoms with Crippen molar-refractivity contribution in [2.45, 2.75) is 10.6 Å². The summed E-state index contributed by atoms with van der Waals surface area (Å²) in [6.45, 7) is 0. The van der Waals surface area contributed by atoms with Crippen molar-refractivity contribution in [1.82, 2.24) is 0 Å². The van der Waals surface area contributed by atoms with Gasteiger partial charge in [-0.15, -0.1) is 11.8 Å². The predicted molar refractivity (Wildman–Crippen MR) is 76.8 cm³/mol. The van der Waals surface area contributed by atoms with Crippen LogP contribution in [0.2, 0.25) is 10.0 Å². The number of nitrogens with two attached hydrogens (primary N) is 1. The Labute approximate surface area is 119 Å². The Hall–Kier alpha value is -0.900. The summed E-state index contributed by atoms with van der Waals surface area (Å²) in [6, 6.07) is 9.67. The fraction of sp³-hybridized carbons (Fsp3) is 0.0769. The molecule has 18 heavy (non-hydrogen) atoms. The van der Waals surface area contributed by atoms with Gasteiger partial charge in [0, 0.05) is 26.4 Å². The maximum absolute atomic E-state index is 12.9. The fourth-order valence-electron chi connectivity index (χ4n) is 1.46. The Bertz CT molecular complexity index is 575. The maximum atomic E-state index is 12.9. The molecule has 0 aliphatic heterocycles. The zero-order chi connectivity index (χ0) is 13.1. The van der Waals surface area contributed by atoms with E-state index in [0.29, 0.717) is 21.5 Å². The predicted octanol–water partition coefficient (Wildman–Crippen LogP) is 5.01. The molecule has 0 fully saturated rings. The molecule has 0 atom stereocenters. The molecule has 2 aromatic carbocycles. The van der Waals surface area contributed by atoms with Crippen molar-refractivity contribution in [3.05, 3.63) is 57.8 Å². The fourth-order valence-corrected chi connectivity index (χ4v) is 2.86. The number of hydrogen-bond donors (Lipinski definition) is 1.